The number of nitrogens with one attached hydrogen (secondary N) is 1. The molecule has 1 aromatic carbocycles. The number of nitrogens with zero attached hydrogens (tertiary/aromatic N) is 2. The van der Waals surface area contributed by atoms with Crippen LogP contribution in [-0.4, -0.2) is 23.2 Å². The van der Waals surface area contributed by atoms with Gasteiger partial charge in [0.25, 0.3) is 0 Å². The van der Waals surface area contributed by atoms with Crippen LogP contribution >= 0.6 is 0 Å². The first-order valence-electron chi connectivity index (χ1n) is 6.84. The fraction of sp³-hybridized carbons (Fsp3) is 0.333. The van der Waals surface area contributed by atoms with Crippen LogP contribution in [-0.2, 0) is 0 Å². The Labute approximate surface area is 116 Å². The number of furan rings is 1. The van der Waals surface area contributed by atoms with Crippen molar-refractivity contribution in [1.82, 2.24) is 15.5 Å². The molecule has 0 saturated carbocycles. The lowest BCUT2D eigenvalue weighted by Gasteiger charge is -2.30. The van der Waals surface area contributed by atoms with Gasteiger partial charge < -0.3 is 14.3 Å². The fourth-order valence-corrected chi connectivity index (χ4v) is 2.48. The quantitative estimate of drug-likeness (QED) is 0.792. The Kier molecular flexibility index (Phi) is 2.60. The maximum atomic E-state index is 5.75. The lowest BCUT2D eigenvalue weighted by molar-refractivity contribution is 0.252. The van der Waals surface area contributed by atoms with Crippen LogP contribution < -0.4 is 5.32 Å². The van der Waals surface area contributed by atoms with E-state index in [-0.39, 0.29) is 5.92 Å². The second kappa shape index (κ2) is 4.45. The Morgan fingerprint density at radius 2 is 2.15 bits per heavy atom. The van der Waals surface area contributed by atoms with E-state index in [9.17, 15) is 0 Å². The SMILES string of the molecule is CC(c1nc(-c2cc3ccccc3o2)no1)C1CNC1. The van der Waals surface area contributed by atoms with E-state index < -0.39 is 0 Å². The smallest absolute Gasteiger partial charge is 0.238 e. The van der Waals surface area contributed by atoms with Crippen molar-refractivity contribution in [2.75, 3.05) is 13.1 Å². The molecule has 0 aliphatic carbocycles. The van der Waals surface area contributed by atoms with Gasteiger partial charge in [-0.2, -0.15) is 4.98 Å². The molecule has 102 valence electrons. The predicted octanol–water partition coefficient (Wildman–Crippen LogP) is 2.81. The van der Waals surface area contributed by atoms with Crippen LogP contribution in [0.25, 0.3) is 22.6 Å². The van der Waals surface area contributed by atoms with Crippen LogP contribution in [0.1, 0.15) is 18.7 Å². The van der Waals surface area contributed by atoms with E-state index in [2.05, 4.69) is 22.4 Å². The molecule has 1 saturated heterocycles. The first kappa shape index (κ1) is 11.7. The molecule has 2 aromatic heterocycles. The molecule has 1 aliphatic heterocycles. The fourth-order valence-electron chi connectivity index (χ4n) is 2.48. The third-order valence-corrected chi connectivity index (χ3v) is 4.00. The Bertz CT molecular complexity index is 709. The molecule has 20 heavy (non-hydrogen) atoms. The molecular weight excluding hydrogens is 254 g/mol. The minimum absolute atomic E-state index is 0.280. The summed E-state index contributed by atoms with van der Waals surface area (Å²) in [5.41, 5.74) is 0.838. The van der Waals surface area contributed by atoms with Gasteiger partial charge in [-0.05, 0) is 31.1 Å². The number of rotatable bonds is 3. The molecule has 1 aliphatic rings. The largest absolute Gasteiger partial charge is 0.453 e. The van der Waals surface area contributed by atoms with Gasteiger partial charge in [-0.1, -0.05) is 30.3 Å². The molecule has 0 spiro atoms. The van der Waals surface area contributed by atoms with E-state index >= 15 is 0 Å². The normalized spacial score (nSPS) is 17.2. The number of hydrogen-bond donors (Lipinski definition) is 1. The van der Waals surface area contributed by atoms with E-state index in [1.807, 2.05) is 30.3 Å². The Morgan fingerprint density at radius 1 is 1.30 bits per heavy atom. The van der Waals surface area contributed by atoms with Gasteiger partial charge in [-0.3, -0.25) is 0 Å². The van der Waals surface area contributed by atoms with Crippen LogP contribution in [0.15, 0.2) is 39.3 Å². The number of hydrogen-bond acceptors (Lipinski definition) is 5. The molecular formula is C15H15N3O2. The minimum Gasteiger partial charge on any atom is -0.453 e. The van der Waals surface area contributed by atoms with Crippen molar-refractivity contribution in [3.05, 3.63) is 36.2 Å². The maximum absolute atomic E-state index is 5.75. The Hall–Kier alpha value is -2.14. The second-order valence-electron chi connectivity index (χ2n) is 5.31. The molecule has 1 atom stereocenters. The lowest BCUT2D eigenvalue weighted by atomic mass is 9.89. The molecule has 1 unspecified atom stereocenters. The topological polar surface area (TPSA) is 64.1 Å². The average Bonchev–Trinajstić information content (AvgIpc) is 3.03. The molecule has 5 nitrogen and oxygen atoms in total. The van der Waals surface area contributed by atoms with Crippen LogP contribution in [0.5, 0.6) is 0 Å². The van der Waals surface area contributed by atoms with Crippen molar-refractivity contribution in [2.24, 2.45) is 5.92 Å². The standard InChI is InChI=1S/C15H15N3O2/c1-9(11-7-16-8-11)15-17-14(18-20-15)13-6-10-4-2-3-5-12(10)19-13/h2-6,9,11,16H,7-8H2,1H3. The summed E-state index contributed by atoms with van der Waals surface area (Å²) in [6.45, 7) is 4.16. The third kappa shape index (κ3) is 1.82. The zero-order valence-electron chi connectivity index (χ0n) is 11.2. The van der Waals surface area contributed by atoms with Crippen molar-refractivity contribution < 1.29 is 8.94 Å². The minimum atomic E-state index is 0.280. The van der Waals surface area contributed by atoms with Crippen molar-refractivity contribution in [2.45, 2.75) is 12.8 Å². The highest BCUT2D eigenvalue weighted by molar-refractivity contribution is 5.81. The number of fused-ring (bicyclic) bond motifs is 1. The number of para-hydroxylation sites is 1. The third-order valence-electron chi connectivity index (χ3n) is 4.00. The monoisotopic (exact) mass is 269 g/mol. The molecule has 1 N–H and O–H groups in total. The summed E-state index contributed by atoms with van der Waals surface area (Å²) in [7, 11) is 0. The van der Waals surface area contributed by atoms with E-state index in [1.54, 1.807) is 0 Å². The summed E-state index contributed by atoms with van der Waals surface area (Å²) >= 11 is 0. The summed E-state index contributed by atoms with van der Waals surface area (Å²) in [6.07, 6.45) is 0. The van der Waals surface area contributed by atoms with E-state index in [0.717, 1.165) is 24.1 Å². The second-order valence-corrected chi connectivity index (χ2v) is 5.31. The zero-order chi connectivity index (χ0) is 13.5. The molecule has 3 aromatic rings. The van der Waals surface area contributed by atoms with E-state index in [0.29, 0.717) is 23.4 Å². The van der Waals surface area contributed by atoms with E-state index in [1.165, 1.54) is 0 Å². The van der Waals surface area contributed by atoms with Gasteiger partial charge in [-0.25, -0.2) is 0 Å². The van der Waals surface area contributed by atoms with Crippen LogP contribution in [0.4, 0.5) is 0 Å². The van der Waals surface area contributed by atoms with Crippen LogP contribution in [0.2, 0.25) is 0 Å². The summed E-state index contributed by atoms with van der Waals surface area (Å²) in [6, 6.07) is 9.81. The maximum Gasteiger partial charge on any atom is 0.238 e. The highest BCUT2D eigenvalue weighted by Gasteiger charge is 2.29. The van der Waals surface area contributed by atoms with E-state index in [4.69, 9.17) is 8.94 Å². The van der Waals surface area contributed by atoms with Gasteiger partial charge in [0.15, 0.2) is 5.76 Å². The van der Waals surface area contributed by atoms with Gasteiger partial charge in [0, 0.05) is 11.3 Å². The molecule has 1 fully saturated rings. The summed E-state index contributed by atoms with van der Waals surface area (Å²) < 4.78 is 11.1. The summed E-state index contributed by atoms with van der Waals surface area (Å²) in [5, 5.41) is 8.35. The highest BCUT2D eigenvalue weighted by atomic mass is 16.5. The van der Waals surface area contributed by atoms with Gasteiger partial charge in [0.05, 0.1) is 0 Å². The van der Waals surface area contributed by atoms with Crippen molar-refractivity contribution in [3.63, 3.8) is 0 Å². The van der Waals surface area contributed by atoms with Crippen molar-refractivity contribution in [3.8, 4) is 11.6 Å². The Balaban J connectivity index is 1.66. The van der Waals surface area contributed by atoms with Crippen LogP contribution in [0, 0.1) is 5.92 Å². The molecule has 0 bridgehead atoms. The zero-order valence-corrected chi connectivity index (χ0v) is 11.2. The molecule has 0 amide bonds. The number of benzene rings is 1. The average molecular weight is 269 g/mol. The van der Waals surface area contributed by atoms with Gasteiger partial charge in [0.1, 0.15) is 5.58 Å². The van der Waals surface area contributed by atoms with Crippen LogP contribution in [0.3, 0.4) is 0 Å². The first-order valence-corrected chi connectivity index (χ1v) is 6.84. The number of aromatic nitrogens is 2. The van der Waals surface area contributed by atoms with Gasteiger partial charge in [0.2, 0.25) is 11.7 Å². The lowest BCUT2D eigenvalue weighted by Crippen LogP contribution is -2.44. The van der Waals surface area contributed by atoms with Crippen molar-refractivity contribution in [1.29, 1.82) is 0 Å². The van der Waals surface area contributed by atoms with Crippen molar-refractivity contribution >= 4 is 11.0 Å². The molecule has 4 rings (SSSR count). The predicted molar refractivity (Wildman–Crippen MR) is 74.3 cm³/mol. The molecule has 0 radical (unpaired) electrons. The van der Waals surface area contributed by atoms with Gasteiger partial charge in [-0.15, -0.1) is 0 Å². The summed E-state index contributed by atoms with van der Waals surface area (Å²) in [5.74, 6) is 2.73. The Morgan fingerprint density at radius 3 is 2.90 bits per heavy atom. The summed E-state index contributed by atoms with van der Waals surface area (Å²) in [4.78, 5) is 4.48. The first-order chi connectivity index (χ1) is 9.81. The molecule has 5 heteroatoms. The van der Waals surface area contributed by atoms with Gasteiger partial charge >= 0.3 is 0 Å². The highest BCUT2D eigenvalue weighted by Crippen LogP contribution is 2.29. The molecule has 3 heterocycles.